The van der Waals surface area contributed by atoms with Crippen LogP contribution in [0.1, 0.15) is 16.1 Å². The number of phenolic OH excluding ortho intramolecular Hbond substituents is 1. The second kappa shape index (κ2) is 7.88. The molecule has 1 heterocycles. The van der Waals surface area contributed by atoms with E-state index in [0.29, 0.717) is 22.5 Å². The molecule has 0 bridgehead atoms. The monoisotopic (exact) mass is 401 g/mol. The number of furan rings is 1. The van der Waals surface area contributed by atoms with Gasteiger partial charge in [-0.1, -0.05) is 42.5 Å². The second-order valence-corrected chi connectivity index (χ2v) is 6.36. The van der Waals surface area contributed by atoms with Crippen molar-refractivity contribution in [1.29, 1.82) is 0 Å². The lowest BCUT2D eigenvalue weighted by Gasteiger charge is -2.06. The summed E-state index contributed by atoms with van der Waals surface area (Å²) in [6.07, 6.45) is 1.27. The molecule has 0 aliphatic heterocycles. The number of hydrogen-bond donors (Lipinski definition) is 2. The molecule has 0 saturated carbocycles. The van der Waals surface area contributed by atoms with Crippen molar-refractivity contribution in [2.45, 2.75) is 0 Å². The topological polar surface area (TPSA) is 118 Å². The van der Waals surface area contributed by atoms with Crippen molar-refractivity contribution in [2.75, 3.05) is 0 Å². The van der Waals surface area contributed by atoms with Gasteiger partial charge in [-0.25, -0.2) is 5.43 Å². The predicted octanol–water partition coefficient (Wildman–Crippen LogP) is 4.48. The number of nitro benzene ring substituents is 1. The van der Waals surface area contributed by atoms with Gasteiger partial charge in [0.05, 0.1) is 22.3 Å². The molecule has 0 radical (unpaired) electrons. The van der Waals surface area contributed by atoms with Gasteiger partial charge in [0.1, 0.15) is 17.3 Å². The lowest BCUT2D eigenvalue weighted by Crippen LogP contribution is -2.17. The van der Waals surface area contributed by atoms with Crippen LogP contribution in [0, 0.1) is 10.1 Å². The van der Waals surface area contributed by atoms with E-state index in [1.807, 2.05) is 12.1 Å². The molecule has 0 saturated heterocycles. The van der Waals surface area contributed by atoms with Gasteiger partial charge in [0, 0.05) is 11.5 Å². The fourth-order valence-electron chi connectivity index (χ4n) is 3.06. The number of carbonyl (C=O) groups excluding carboxylic acids is 1. The van der Waals surface area contributed by atoms with Crippen LogP contribution in [0.15, 0.2) is 82.3 Å². The predicted molar refractivity (Wildman–Crippen MR) is 111 cm³/mol. The smallest absolute Gasteiger partial charge is 0.280 e. The number of amides is 1. The van der Waals surface area contributed by atoms with Crippen LogP contribution in [0.3, 0.4) is 0 Å². The Bertz CT molecular complexity index is 1290. The zero-order chi connectivity index (χ0) is 21.1. The van der Waals surface area contributed by atoms with Gasteiger partial charge in [0.25, 0.3) is 11.6 Å². The largest absolute Gasteiger partial charge is 0.506 e. The fourth-order valence-corrected chi connectivity index (χ4v) is 3.06. The highest BCUT2D eigenvalue weighted by Crippen LogP contribution is 2.31. The van der Waals surface area contributed by atoms with Crippen LogP contribution in [-0.2, 0) is 0 Å². The van der Waals surface area contributed by atoms with Crippen molar-refractivity contribution < 1.29 is 19.2 Å². The number of nitrogens with zero attached hydrogens (tertiary/aromatic N) is 2. The molecule has 4 rings (SSSR count). The minimum atomic E-state index is -0.583. The SMILES string of the molecule is O=C(N/N=C\c1ccc(-c2ccccc2[N+](=O)[O-])o1)c1ccc2ccccc2c1O. The van der Waals surface area contributed by atoms with Gasteiger partial charge in [-0.15, -0.1) is 0 Å². The highest BCUT2D eigenvalue weighted by molar-refractivity contribution is 6.03. The van der Waals surface area contributed by atoms with Crippen LogP contribution in [0.25, 0.3) is 22.1 Å². The van der Waals surface area contributed by atoms with Gasteiger partial charge >= 0.3 is 0 Å². The normalized spacial score (nSPS) is 11.1. The van der Waals surface area contributed by atoms with Crippen LogP contribution >= 0.6 is 0 Å². The van der Waals surface area contributed by atoms with E-state index in [2.05, 4.69) is 10.5 Å². The van der Waals surface area contributed by atoms with Crippen molar-refractivity contribution in [3.05, 3.63) is 94.2 Å². The quantitative estimate of drug-likeness (QED) is 0.290. The molecule has 30 heavy (non-hydrogen) atoms. The van der Waals surface area contributed by atoms with Gasteiger partial charge in [-0.05, 0) is 29.7 Å². The summed E-state index contributed by atoms with van der Waals surface area (Å²) in [5, 5.41) is 26.7. The Hall–Kier alpha value is -4.46. The molecule has 3 aromatic carbocycles. The minimum Gasteiger partial charge on any atom is -0.506 e. The average Bonchev–Trinajstić information content (AvgIpc) is 3.23. The van der Waals surface area contributed by atoms with E-state index in [-0.39, 0.29) is 17.0 Å². The van der Waals surface area contributed by atoms with Crippen LogP contribution in [-0.4, -0.2) is 22.2 Å². The van der Waals surface area contributed by atoms with Crippen LogP contribution in [0.2, 0.25) is 0 Å². The maximum Gasteiger partial charge on any atom is 0.280 e. The molecule has 0 aliphatic rings. The first-order chi connectivity index (χ1) is 14.5. The Morgan fingerprint density at radius 3 is 2.63 bits per heavy atom. The maximum atomic E-state index is 12.4. The van der Waals surface area contributed by atoms with Gasteiger partial charge in [-0.3, -0.25) is 14.9 Å². The molecule has 0 atom stereocenters. The Morgan fingerprint density at radius 1 is 1.03 bits per heavy atom. The average molecular weight is 401 g/mol. The van der Waals surface area contributed by atoms with Crippen LogP contribution < -0.4 is 5.43 Å². The van der Waals surface area contributed by atoms with Gasteiger partial charge in [0.2, 0.25) is 0 Å². The molecule has 148 valence electrons. The number of phenols is 1. The molecule has 8 nitrogen and oxygen atoms in total. The highest BCUT2D eigenvalue weighted by atomic mass is 16.6. The molecule has 2 N–H and O–H groups in total. The molecule has 0 fully saturated rings. The molecule has 0 aliphatic carbocycles. The number of rotatable bonds is 5. The van der Waals surface area contributed by atoms with E-state index < -0.39 is 10.8 Å². The van der Waals surface area contributed by atoms with E-state index in [9.17, 15) is 20.0 Å². The summed E-state index contributed by atoms with van der Waals surface area (Å²) in [5.74, 6) is -0.106. The first-order valence-corrected chi connectivity index (χ1v) is 8.92. The summed E-state index contributed by atoms with van der Waals surface area (Å²) in [7, 11) is 0. The summed E-state index contributed by atoms with van der Waals surface area (Å²) >= 11 is 0. The number of benzene rings is 3. The van der Waals surface area contributed by atoms with E-state index in [1.54, 1.807) is 48.5 Å². The zero-order valence-corrected chi connectivity index (χ0v) is 15.5. The van der Waals surface area contributed by atoms with Crippen molar-refractivity contribution in [3.63, 3.8) is 0 Å². The third kappa shape index (κ3) is 3.61. The van der Waals surface area contributed by atoms with Crippen LogP contribution in [0.4, 0.5) is 5.69 Å². The fraction of sp³-hybridized carbons (Fsp3) is 0. The highest BCUT2D eigenvalue weighted by Gasteiger charge is 2.17. The van der Waals surface area contributed by atoms with E-state index in [4.69, 9.17) is 4.42 Å². The molecule has 8 heteroatoms. The molecular weight excluding hydrogens is 386 g/mol. The number of carbonyl (C=O) groups is 1. The van der Waals surface area contributed by atoms with Gasteiger partial charge in [-0.2, -0.15) is 5.10 Å². The molecule has 4 aromatic rings. The lowest BCUT2D eigenvalue weighted by molar-refractivity contribution is -0.384. The maximum absolute atomic E-state index is 12.4. The minimum absolute atomic E-state index is 0.0737. The first-order valence-electron chi connectivity index (χ1n) is 8.92. The lowest BCUT2D eigenvalue weighted by atomic mass is 10.1. The Labute approximate surface area is 170 Å². The van der Waals surface area contributed by atoms with Crippen molar-refractivity contribution in [3.8, 4) is 17.1 Å². The van der Waals surface area contributed by atoms with Crippen molar-refractivity contribution >= 4 is 28.6 Å². The Balaban J connectivity index is 1.50. The molecular formula is C22H15N3O5. The number of hydrogen-bond acceptors (Lipinski definition) is 6. The van der Waals surface area contributed by atoms with Crippen LogP contribution in [0.5, 0.6) is 5.75 Å². The number of nitrogens with one attached hydrogen (secondary N) is 1. The summed E-state index contributed by atoms with van der Waals surface area (Å²) in [6, 6.07) is 19.8. The van der Waals surface area contributed by atoms with Crippen molar-refractivity contribution in [2.24, 2.45) is 5.10 Å². The Kier molecular flexibility index (Phi) is 4.96. The first kappa shape index (κ1) is 18.9. The van der Waals surface area contributed by atoms with Crippen molar-refractivity contribution in [1.82, 2.24) is 5.43 Å². The summed E-state index contributed by atoms with van der Waals surface area (Å²) in [5.41, 5.74) is 2.69. The third-order valence-electron chi connectivity index (χ3n) is 4.50. The molecule has 0 unspecified atom stereocenters. The number of nitro groups is 1. The number of fused-ring (bicyclic) bond motifs is 1. The van der Waals surface area contributed by atoms with E-state index >= 15 is 0 Å². The molecule has 0 spiro atoms. The van der Waals surface area contributed by atoms with Gasteiger partial charge < -0.3 is 9.52 Å². The Morgan fingerprint density at radius 2 is 1.80 bits per heavy atom. The summed E-state index contributed by atoms with van der Waals surface area (Å²) in [6.45, 7) is 0. The molecule has 1 aromatic heterocycles. The molecule has 1 amide bonds. The third-order valence-corrected chi connectivity index (χ3v) is 4.50. The van der Waals surface area contributed by atoms with E-state index in [0.717, 1.165) is 5.39 Å². The number of hydrazone groups is 1. The summed E-state index contributed by atoms with van der Waals surface area (Å²) in [4.78, 5) is 23.0. The zero-order valence-electron chi connectivity index (χ0n) is 15.5. The standard InChI is InChI=1S/C22H15N3O5/c26-21-16-6-2-1-5-14(16)9-11-18(21)22(27)24-23-13-15-10-12-20(30-15)17-7-3-4-8-19(17)25(28)29/h1-13,26H,(H,24,27)/b23-13-. The van der Waals surface area contributed by atoms with E-state index in [1.165, 1.54) is 18.3 Å². The summed E-state index contributed by atoms with van der Waals surface area (Å²) < 4.78 is 5.58. The number of para-hydroxylation sites is 1. The number of aromatic hydroxyl groups is 1. The van der Waals surface area contributed by atoms with Gasteiger partial charge in [0.15, 0.2) is 0 Å². The second-order valence-electron chi connectivity index (χ2n) is 6.36.